The smallest absolute Gasteiger partial charge is 0.275 e. The van der Waals surface area contributed by atoms with Gasteiger partial charge in [0.1, 0.15) is 6.54 Å². The molecule has 0 aliphatic heterocycles. The summed E-state index contributed by atoms with van der Waals surface area (Å²) in [4.78, 5) is 25.8. The Hall–Kier alpha value is -2.47. The second-order valence-electron chi connectivity index (χ2n) is 8.29. The lowest BCUT2D eigenvalue weighted by molar-refractivity contribution is -0.124. The van der Waals surface area contributed by atoms with Gasteiger partial charge in [0.05, 0.1) is 11.1 Å². The molecule has 1 aliphatic rings. The molecule has 0 atom stereocenters. The van der Waals surface area contributed by atoms with Gasteiger partial charge >= 0.3 is 0 Å². The average Bonchev–Trinajstić information content (AvgIpc) is 2.74. The summed E-state index contributed by atoms with van der Waals surface area (Å²) >= 11 is 3.48. The quantitative estimate of drug-likeness (QED) is 0.599. The van der Waals surface area contributed by atoms with Crippen LogP contribution in [-0.2, 0) is 17.8 Å². The summed E-state index contributed by atoms with van der Waals surface area (Å²) in [5.41, 5.74) is 1.47. The van der Waals surface area contributed by atoms with Crippen molar-refractivity contribution in [3.63, 3.8) is 0 Å². The van der Waals surface area contributed by atoms with Crippen molar-refractivity contribution in [1.29, 1.82) is 0 Å². The molecule has 1 aliphatic carbocycles. The molecule has 5 nitrogen and oxygen atoms in total. The highest BCUT2D eigenvalue weighted by molar-refractivity contribution is 9.10. The Morgan fingerprint density at radius 1 is 1.07 bits per heavy atom. The van der Waals surface area contributed by atoms with Crippen molar-refractivity contribution in [3.8, 4) is 0 Å². The van der Waals surface area contributed by atoms with Gasteiger partial charge in [-0.15, -0.1) is 0 Å². The van der Waals surface area contributed by atoms with E-state index in [2.05, 4.69) is 38.5 Å². The molecule has 1 heterocycles. The van der Waals surface area contributed by atoms with Crippen LogP contribution in [0.2, 0.25) is 0 Å². The summed E-state index contributed by atoms with van der Waals surface area (Å²) in [6.45, 7) is 1.80. The Morgan fingerprint density at radius 2 is 1.73 bits per heavy atom. The van der Waals surface area contributed by atoms with Crippen molar-refractivity contribution in [2.24, 2.45) is 0 Å². The van der Waals surface area contributed by atoms with E-state index in [1.807, 2.05) is 37.3 Å². The first-order valence-electron chi connectivity index (χ1n) is 10.5. The molecule has 0 spiro atoms. The standard InChI is InChI=1S/C24H26BrN3O2/c1-17-20-7-3-4-8-21(20)23(30)28(27-17)16-22(29)26-24(13-5-2-6-14-24)15-18-9-11-19(25)12-10-18/h3-4,7-12H,2,5-6,13-16H2,1H3,(H,26,29). The lowest BCUT2D eigenvalue weighted by atomic mass is 9.77. The van der Waals surface area contributed by atoms with E-state index in [1.165, 1.54) is 16.7 Å². The Kier molecular flexibility index (Phi) is 6.04. The lowest BCUT2D eigenvalue weighted by Gasteiger charge is -2.38. The van der Waals surface area contributed by atoms with Crippen LogP contribution in [0.1, 0.15) is 43.4 Å². The summed E-state index contributed by atoms with van der Waals surface area (Å²) in [6, 6.07) is 15.7. The average molecular weight is 468 g/mol. The number of hydrogen-bond acceptors (Lipinski definition) is 3. The highest BCUT2D eigenvalue weighted by Crippen LogP contribution is 2.32. The second kappa shape index (κ2) is 8.72. The van der Waals surface area contributed by atoms with Crippen LogP contribution in [0.5, 0.6) is 0 Å². The molecule has 156 valence electrons. The monoisotopic (exact) mass is 467 g/mol. The Morgan fingerprint density at radius 3 is 2.43 bits per heavy atom. The lowest BCUT2D eigenvalue weighted by Crippen LogP contribution is -2.52. The Labute approximate surface area is 184 Å². The van der Waals surface area contributed by atoms with Crippen molar-refractivity contribution in [3.05, 3.63) is 74.6 Å². The van der Waals surface area contributed by atoms with Crippen molar-refractivity contribution < 1.29 is 4.79 Å². The number of hydrogen-bond donors (Lipinski definition) is 1. The van der Waals surface area contributed by atoms with Crippen LogP contribution < -0.4 is 10.9 Å². The van der Waals surface area contributed by atoms with Crippen molar-refractivity contribution in [2.75, 3.05) is 0 Å². The number of aryl methyl sites for hydroxylation is 1. The van der Waals surface area contributed by atoms with Gasteiger partial charge in [-0.2, -0.15) is 5.10 Å². The first kappa shape index (κ1) is 20.8. The summed E-state index contributed by atoms with van der Waals surface area (Å²) in [6.07, 6.45) is 6.10. The maximum Gasteiger partial charge on any atom is 0.275 e. The first-order valence-corrected chi connectivity index (χ1v) is 11.3. The minimum absolute atomic E-state index is 0.0629. The number of aromatic nitrogens is 2. The molecule has 1 aromatic heterocycles. The number of benzene rings is 2. The second-order valence-corrected chi connectivity index (χ2v) is 9.20. The maximum absolute atomic E-state index is 13.0. The third-order valence-electron chi connectivity index (χ3n) is 6.02. The van der Waals surface area contributed by atoms with Crippen LogP contribution in [-0.4, -0.2) is 21.2 Å². The summed E-state index contributed by atoms with van der Waals surface area (Å²) in [5.74, 6) is -0.154. The normalized spacial score (nSPS) is 15.8. The number of fused-ring (bicyclic) bond motifs is 1. The van der Waals surface area contributed by atoms with Crippen LogP contribution in [0, 0.1) is 6.92 Å². The third kappa shape index (κ3) is 4.48. The number of carbonyl (C=O) groups excluding carboxylic acids is 1. The number of amides is 1. The fourth-order valence-electron chi connectivity index (χ4n) is 4.55. The molecule has 2 aromatic carbocycles. The molecule has 1 N–H and O–H groups in total. The Balaban J connectivity index is 1.56. The largest absolute Gasteiger partial charge is 0.349 e. The molecular formula is C24H26BrN3O2. The van der Waals surface area contributed by atoms with Crippen LogP contribution in [0.15, 0.2) is 57.8 Å². The zero-order valence-electron chi connectivity index (χ0n) is 17.2. The molecule has 4 rings (SSSR count). The van der Waals surface area contributed by atoms with Gasteiger partial charge in [-0.3, -0.25) is 9.59 Å². The van der Waals surface area contributed by atoms with E-state index >= 15 is 0 Å². The zero-order chi connectivity index (χ0) is 21.1. The first-order chi connectivity index (χ1) is 14.5. The molecule has 0 bridgehead atoms. The van der Waals surface area contributed by atoms with Crippen LogP contribution in [0.4, 0.5) is 0 Å². The molecular weight excluding hydrogens is 442 g/mol. The number of nitrogens with zero attached hydrogens (tertiary/aromatic N) is 2. The van der Waals surface area contributed by atoms with Gasteiger partial charge in [0.2, 0.25) is 5.91 Å². The van der Waals surface area contributed by atoms with Crippen LogP contribution in [0.25, 0.3) is 10.8 Å². The summed E-state index contributed by atoms with van der Waals surface area (Å²) in [7, 11) is 0. The summed E-state index contributed by atoms with van der Waals surface area (Å²) in [5, 5.41) is 9.11. The fourth-order valence-corrected chi connectivity index (χ4v) is 4.81. The molecule has 6 heteroatoms. The van der Waals surface area contributed by atoms with Crippen LogP contribution in [0.3, 0.4) is 0 Å². The maximum atomic E-state index is 13.0. The van der Waals surface area contributed by atoms with E-state index in [0.29, 0.717) is 5.39 Å². The molecule has 0 unspecified atom stereocenters. The number of nitrogens with one attached hydrogen (secondary N) is 1. The predicted molar refractivity (Wildman–Crippen MR) is 123 cm³/mol. The topological polar surface area (TPSA) is 64.0 Å². The molecule has 1 saturated carbocycles. The van der Waals surface area contributed by atoms with E-state index in [4.69, 9.17) is 0 Å². The molecule has 1 amide bonds. The van der Waals surface area contributed by atoms with Gasteiger partial charge < -0.3 is 5.32 Å². The number of carbonyl (C=O) groups is 1. The van der Waals surface area contributed by atoms with Crippen LogP contribution >= 0.6 is 15.9 Å². The van der Waals surface area contributed by atoms with Gasteiger partial charge in [-0.25, -0.2) is 4.68 Å². The molecule has 0 radical (unpaired) electrons. The fraction of sp³-hybridized carbons (Fsp3) is 0.375. The van der Waals surface area contributed by atoms with E-state index < -0.39 is 0 Å². The Bertz CT molecular complexity index is 1120. The predicted octanol–water partition coefficient (Wildman–Crippen LogP) is 4.53. The zero-order valence-corrected chi connectivity index (χ0v) is 18.7. The number of rotatable bonds is 5. The van der Waals surface area contributed by atoms with Gasteiger partial charge in [-0.1, -0.05) is 65.5 Å². The van der Waals surface area contributed by atoms with Gasteiger partial charge in [0, 0.05) is 15.4 Å². The van der Waals surface area contributed by atoms with E-state index in [-0.39, 0.29) is 23.6 Å². The highest BCUT2D eigenvalue weighted by atomic mass is 79.9. The van der Waals surface area contributed by atoms with Gasteiger partial charge in [0.15, 0.2) is 0 Å². The van der Waals surface area contributed by atoms with E-state index in [9.17, 15) is 9.59 Å². The van der Waals surface area contributed by atoms with Gasteiger partial charge in [-0.05, 0) is 49.9 Å². The summed E-state index contributed by atoms with van der Waals surface area (Å²) < 4.78 is 2.34. The SMILES string of the molecule is Cc1nn(CC(=O)NC2(Cc3ccc(Br)cc3)CCCCC2)c(=O)c2ccccc12. The molecule has 3 aromatic rings. The van der Waals surface area contributed by atoms with Crippen molar-refractivity contribution >= 4 is 32.6 Å². The number of halogens is 1. The van der Waals surface area contributed by atoms with Crippen molar-refractivity contribution in [2.45, 2.75) is 57.5 Å². The molecule has 1 fully saturated rings. The van der Waals surface area contributed by atoms with Crippen molar-refractivity contribution in [1.82, 2.24) is 15.1 Å². The molecule has 30 heavy (non-hydrogen) atoms. The highest BCUT2D eigenvalue weighted by Gasteiger charge is 2.34. The minimum Gasteiger partial charge on any atom is -0.349 e. The van der Waals surface area contributed by atoms with Gasteiger partial charge in [0.25, 0.3) is 5.56 Å². The minimum atomic E-state index is -0.265. The molecule has 0 saturated heterocycles. The van der Waals surface area contributed by atoms with E-state index in [1.54, 1.807) is 6.07 Å². The third-order valence-corrected chi connectivity index (χ3v) is 6.55. The van der Waals surface area contributed by atoms with E-state index in [0.717, 1.165) is 47.7 Å².